The average Bonchev–Trinajstić information content (AvgIpc) is 3.26. The van der Waals surface area contributed by atoms with Gasteiger partial charge >= 0.3 is 5.97 Å². The molecule has 2 atom stereocenters. The third-order valence-electron chi connectivity index (χ3n) is 5.18. The minimum absolute atomic E-state index is 0.0189. The summed E-state index contributed by atoms with van der Waals surface area (Å²) < 4.78 is 22.2. The Morgan fingerprint density at radius 3 is 2.88 bits per heavy atom. The Morgan fingerprint density at radius 2 is 2.08 bits per heavy atom. The molecule has 1 aliphatic heterocycles. The van der Waals surface area contributed by atoms with Crippen molar-refractivity contribution in [3.8, 4) is 17.2 Å². The molecule has 5 heteroatoms. The maximum atomic E-state index is 11.5. The van der Waals surface area contributed by atoms with Crippen molar-refractivity contribution in [1.29, 1.82) is 0 Å². The van der Waals surface area contributed by atoms with Crippen LogP contribution in [0.3, 0.4) is 0 Å². The summed E-state index contributed by atoms with van der Waals surface area (Å²) in [4.78, 5) is 11.5. The standard InChI is InChI=1S/C21H22O5/c1-23-18-5-3-4-16-17(18)8-9-19(16)26-14-6-7-15-13(10-21(22)24-2)12-25-20(15)11-14/h3-7,11,13,19H,8-10,12H2,1-2H3/t13-,19-/m1/s1. The molecule has 0 amide bonds. The van der Waals surface area contributed by atoms with E-state index in [1.54, 1.807) is 7.11 Å². The summed E-state index contributed by atoms with van der Waals surface area (Å²) in [5.41, 5.74) is 3.46. The van der Waals surface area contributed by atoms with Gasteiger partial charge in [0, 0.05) is 23.1 Å². The zero-order valence-corrected chi connectivity index (χ0v) is 15.0. The van der Waals surface area contributed by atoms with Crippen molar-refractivity contribution in [3.63, 3.8) is 0 Å². The van der Waals surface area contributed by atoms with Crippen LogP contribution in [-0.4, -0.2) is 26.8 Å². The topological polar surface area (TPSA) is 54.0 Å². The molecule has 4 rings (SSSR count). The van der Waals surface area contributed by atoms with Gasteiger partial charge in [-0.25, -0.2) is 0 Å². The molecule has 0 N–H and O–H groups in total. The van der Waals surface area contributed by atoms with Crippen molar-refractivity contribution in [3.05, 3.63) is 53.1 Å². The highest BCUT2D eigenvalue weighted by atomic mass is 16.5. The minimum atomic E-state index is -0.219. The van der Waals surface area contributed by atoms with Crippen molar-refractivity contribution in [2.45, 2.75) is 31.3 Å². The van der Waals surface area contributed by atoms with Crippen LogP contribution in [0.15, 0.2) is 36.4 Å². The van der Waals surface area contributed by atoms with E-state index in [2.05, 4.69) is 6.07 Å². The van der Waals surface area contributed by atoms with Gasteiger partial charge in [0.15, 0.2) is 0 Å². The van der Waals surface area contributed by atoms with Gasteiger partial charge in [-0.05, 0) is 30.5 Å². The third-order valence-corrected chi connectivity index (χ3v) is 5.18. The van der Waals surface area contributed by atoms with Crippen LogP contribution in [0, 0.1) is 0 Å². The van der Waals surface area contributed by atoms with Crippen molar-refractivity contribution in [2.75, 3.05) is 20.8 Å². The van der Waals surface area contributed by atoms with E-state index in [1.165, 1.54) is 18.2 Å². The maximum absolute atomic E-state index is 11.5. The van der Waals surface area contributed by atoms with Crippen LogP contribution < -0.4 is 14.2 Å². The van der Waals surface area contributed by atoms with Crippen molar-refractivity contribution >= 4 is 5.97 Å². The predicted octanol–water partition coefficient (Wildman–Crippen LogP) is 3.80. The third kappa shape index (κ3) is 2.98. The first-order chi connectivity index (χ1) is 12.7. The fourth-order valence-electron chi connectivity index (χ4n) is 3.84. The molecular formula is C21H22O5. The second-order valence-electron chi connectivity index (χ2n) is 6.66. The van der Waals surface area contributed by atoms with Crippen molar-refractivity contribution < 1.29 is 23.7 Å². The van der Waals surface area contributed by atoms with Gasteiger partial charge in [0.1, 0.15) is 23.4 Å². The van der Waals surface area contributed by atoms with Crippen LogP contribution in [0.2, 0.25) is 0 Å². The number of hydrogen-bond donors (Lipinski definition) is 0. The fraction of sp³-hybridized carbons (Fsp3) is 0.381. The lowest BCUT2D eigenvalue weighted by Crippen LogP contribution is -2.09. The van der Waals surface area contributed by atoms with E-state index >= 15 is 0 Å². The summed E-state index contributed by atoms with van der Waals surface area (Å²) in [6.45, 7) is 0.497. The molecular weight excluding hydrogens is 332 g/mol. The molecule has 2 aliphatic rings. The van der Waals surface area contributed by atoms with Gasteiger partial charge < -0.3 is 18.9 Å². The number of hydrogen-bond acceptors (Lipinski definition) is 5. The summed E-state index contributed by atoms with van der Waals surface area (Å²) in [6, 6.07) is 12.0. The maximum Gasteiger partial charge on any atom is 0.306 e. The number of carbonyl (C=O) groups is 1. The summed E-state index contributed by atoms with van der Waals surface area (Å²) in [5, 5.41) is 0. The Balaban J connectivity index is 1.51. The van der Waals surface area contributed by atoms with Crippen molar-refractivity contribution in [2.24, 2.45) is 0 Å². The molecule has 0 saturated heterocycles. The number of rotatable bonds is 5. The highest BCUT2D eigenvalue weighted by Crippen LogP contribution is 2.42. The van der Waals surface area contributed by atoms with Crippen LogP contribution in [0.4, 0.5) is 0 Å². The summed E-state index contributed by atoms with van der Waals surface area (Å²) >= 11 is 0. The van der Waals surface area contributed by atoms with Gasteiger partial charge in [0.25, 0.3) is 0 Å². The summed E-state index contributed by atoms with van der Waals surface area (Å²) in [6.07, 6.45) is 2.23. The monoisotopic (exact) mass is 354 g/mol. The van der Waals surface area contributed by atoms with E-state index < -0.39 is 0 Å². The molecule has 0 spiro atoms. The van der Waals surface area contributed by atoms with Gasteiger partial charge in [-0.1, -0.05) is 18.2 Å². The minimum Gasteiger partial charge on any atom is -0.496 e. The van der Waals surface area contributed by atoms with E-state index in [0.717, 1.165) is 35.7 Å². The largest absolute Gasteiger partial charge is 0.496 e. The van der Waals surface area contributed by atoms with E-state index in [1.807, 2.05) is 30.3 Å². The Labute approximate surface area is 152 Å². The molecule has 0 fully saturated rings. The molecule has 1 aliphatic carbocycles. The van der Waals surface area contributed by atoms with Crippen LogP contribution >= 0.6 is 0 Å². The van der Waals surface area contributed by atoms with E-state index in [4.69, 9.17) is 18.9 Å². The lowest BCUT2D eigenvalue weighted by molar-refractivity contribution is -0.141. The Bertz CT molecular complexity index is 829. The molecule has 0 radical (unpaired) electrons. The van der Waals surface area contributed by atoms with E-state index in [9.17, 15) is 4.79 Å². The molecule has 0 bridgehead atoms. The number of esters is 1. The Kier molecular flexibility index (Phi) is 4.45. The molecule has 0 aromatic heterocycles. The van der Waals surface area contributed by atoms with Gasteiger partial charge in [-0.2, -0.15) is 0 Å². The van der Waals surface area contributed by atoms with Gasteiger partial charge in [0.2, 0.25) is 0 Å². The molecule has 1 heterocycles. The number of methoxy groups -OCH3 is 2. The first-order valence-corrected chi connectivity index (χ1v) is 8.85. The summed E-state index contributed by atoms with van der Waals surface area (Å²) in [5.74, 6) is 2.33. The van der Waals surface area contributed by atoms with Crippen molar-refractivity contribution in [1.82, 2.24) is 0 Å². The molecule has 2 aromatic rings. The fourth-order valence-corrected chi connectivity index (χ4v) is 3.84. The predicted molar refractivity (Wildman–Crippen MR) is 96.0 cm³/mol. The lowest BCUT2D eigenvalue weighted by Gasteiger charge is -2.16. The highest BCUT2D eigenvalue weighted by Gasteiger charge is 2.29. The molecule has 0 saturated carbocycles. The van der Waals surface area contributed by atoms with Crippen LogP contribution in [0.1, 0.15) is 41.6 Å². The SMILES string of the molecule is COC(=O)C[C@@H]1COc2cc(O[C@@H]3CCc4c(OC)cccc43)ccc21. The molecule has 0 unspecified atom stereocenters. The Hall–Kier alpha value is -2.69. The normalized spacial score (nSPS) is 20.1. The summed E-state index contributed by atoms with van der Waals surface area (Å²) in [7, 11) is 3.11. The van der Waals surface area contributed by atoms with Crippen LogP contribution in [0.25, 0.3) is 0 Å². The molecule has 2 aromatic carbocycles. The highest BCUT2D eigenvalue weighted by molar-refractivity contribution is 5.71. The van der Waals surface area contributed by atoms with Gasteiger partial charge in [0.05, 0.1) is 27.2 Å². The molecule has 26 heavy (non-hydrogen) atoms. The zero-order valence-electron chi connectivity index (χ0n) is 15.0. The smallest absolute Gasteiger partial charge is 0.306 e. The number of fused-ring (bicyclic) bond motifs is 2. The first kappa shape index (κ1) is 16.8. The lowest BCUT2D eigenvalue weighted by atomic mass is 9.98. The zero-order chi connectivity index (χ0) is 18.1. The van der Waals surface area contributed by atoms with Crippen LogP contribution in [0.5, 0.6) is 17.2 Å². The second-order valence-corrected chi connectivity index (χ2v) is 6.66. The van der Waals surface area contributed by atoms with Gasteiger partial charge in [-0.3, -0.25) is 4.79 Å². The number of carbonyl (C=O) groups excluding carboxylic acids is 1. The quantitative estimate of drug-likeness (QED) is 0.765. The van der Waals surface area contributed by atoms with Gasteiger partial charge in [-0.15, -0.1) is 0 Å². The van der Waals surface area contributed by atoms with Crippen LogP contribution in [-0.2, 0) is 16.0 Å². The van der Waals surface area contributed by atoms with E-state index in [0.29, 0.717) is 13.0 Å². The second kappa shape index (κ2) is 6.90. The molecule has 5 nitrogen and oxygen atoms in total. The average molecular weight is 354 g/mol. The molecule has 136 valence electrons. The first-order valence-electron chi connectivity index (χ1n) is 8.85. The number of ether oxygens (including phenoxy) is 4. The number of benzene rings is 2. The Morgan fingerprint density at radius 1 is 1.19 bits per heavy atom. The van der Waals surface area contributed by atoms with E-state index in [-0.39, 0.29) is 18.0 Å².